The molecule has 0 nitrogen and oxygen atoms in total. The first-order valence-corrected chi connectivity index (χ1v) is 11.7. The van der Waals surface area contributed by atoms with Crippen LogP contribution in [0.25, 0.3) is 0 Å². The summed E-state index contributed by atoms with van der Waals surface area (Å²) in [6, 6.07) is 0. The maximum atomic E-state index is 2.48. The molecule has 3 heteroatoms. The van der Waals surface area contributed by atoms with Gasteiger partial charge in [0.15, 0.2) is 0 Å². The molecule has 0 aromatic carbocycles. The zero-order valence-corrected chi connectivity index (χ0v) is 20.9. The smallest absolute Gasteiger partial charge is 1.00 e. The van der Waals surface area contributed by atoms with Crippen LogP contribution >= 0.6 is 0 Å². The van der Waals surface area contributed by atoms with E-state index >= 15 is 0 Å². The summed E-state index contributed by atoms with van der Waals surface area (Å²) < 4.78 is 3.66. The molecule has 2 aliphatic carbocycles. The van der Waals surface area contributed by atoms with Crippen molar-refractivity contribution in [1.29, 1.82) is 0 Å². The van der Waals surface area contributed by atoms with E-state index in [1.165, 1.54) is 12.8 Å². The van der Waals surface area contributed by atoms with E-state index in [9.17, 15) is 0 Å². The van der Waals surface area contributed by atoms with Crippen molar-refractivity contribution in [3.63, 3.8) is 0 Å². The van der Waals surface area contributed by atoms with Gasteiger partial charge in [-0.05, 0) is 0 Å². The Hall–Kier alpha value is 0.410. The van der Waals surface area contributed by atoms with Gasteiger partial charge in [-0.15, -0.1) is 0 Å². The summed E-state index contributed by atoms with van der Waals surface area (Å²) in [6.45, 7) is 18.8. The molecule has 0 aromatic heterocycles. The SMILES string of the molecule is CC1=[C]([Hf+2][C]2=C(C)C=C(C(C)(C)C)C2)CC(C(C)(C)C)=C1.[Cl-].[Cl-]. The summed E-state index contributed by atoms with van der Waals surface area (Å²) in [5.41, 5.74) is 7.13. The normalized spacial score (nSPS) is 18.3. The zero-order chi connectivity index (χ0) is 16.0. The van der Waals surface area contributed by atoms with Crippen molar-refractivity contribution in [2.45, 2.75) is 68.2 Å². The largest absolute Gasteiger partial charge is 1.00 e. The monoisotopic (exact) mass is 520 g/mol. The fourth-order valence-electron chi connectivity index (χ4n) is 2.89. The van der Waals surface area contributed by atoms with Crippen LogP contribution < -0.4 is 24.8 Å². The molecule has 23 heavy (non-hydrogen) atoms. The molecule has 0 N–H and O–H groups in total. The number of halogens is 2. The van der Waals surface area contributed by atoms with Crippen LogP contribution in [0.4, 0.5) is 0 Å². The van der Waals surface area contributed by atoms with Gasteiger partial charge in [-0.3, -0.25) is 0 Å². The van der Waals surface area contributed by atoms with Crippen molar-refractivity contribution in [2.75, 3.05) is 0 Å². The quantitative estimate of drug-likeness (QED) is 0.463. The second kappa shape index (κ2) is 8.19. The van der Waals surface area contributed by atoms with Gasteiger partial charge in [-0.1, -0.05) is 0 Å². The van der Waals surface area contributed by atoms with Crippen molar-refractivity contribution < 1.29 is 47.7 Å². The molecule has 0 saturated heterocycles. The molecule has 0 amide bonds. The average molecular weight is 520 g/mol. The Kier molecular flexibility index (Phi) is 8.34. The molecule has 2 rings (SSSR count). The van der Waals surface area contributed by atoms with Crippen LogP contribution in [0.1, 0.15) is 68.2 Å². The van der Waals surface area contributed by atoms with Gasteiger partial charge in [0.1, 0.15) is 0 Å². The Balaban J connectivity index is 0.00000242. The van der Waals surface area contributed by atoms with Gasteiger partial charge in [0.2, 0.25) is 0 Å². The number of rotatable bonds is 2. The van der Waals surface area contributed by atoms with Crippen molar-refractivity contribution in [2.24, 2.45) is 10.8 Å². The summed E-state index contributed by atoms with van der Waals surface area (Å²) in [4.78, 5) is 0. The third-order valence-corrected chi connectivity index (χ3v) is 11.0. The molecule has 0 bridgehead atoms. The predicted octanol–water partition coefficient (Wildman–Crippen LogP) is 0.377. The summed E-state index contributed by atoms with van der Waals surface area (Å²) in [5, 5.41) is 0. The molecule has 0 aromatic rings. The Morgan fingerprint density at radius 3 is 1.22 bits per heavy atom. The van der Waals surface area contributed by atoms with Crippen molar-refractivity contribution in [3.8, 4) is 0 Å². The minimum absolute atomic E-state index is 0. The maximum Gasteiger partial charge on any atom is -1.00 e. The van der Waals surface area contributed by atoms with Crippen molar-refractivity contribution in [1.82, 2.24) is 0 Å². The third kappa shape index (κ3) is 5.72. The molecule has 0 saturated carbocycles. The van der Waals surface area contributed by atoms with Gasteiger partial charge in [0, 0.05) is 0 Å². The molecule has 0 heterocycles. The summed E-state index contributed by atoms with van der Waals surface area (Å²) in [5.74, 6) is 0. The zero-order valence-electron chi connectivity index (χ0n) is 15.8. The van der Waals surface area contributed by atoms with Crippen LogP contribution in [0.5, 0.6) is 0 Å². The van der Waals surface area contributed by atoms with E-state index in [2.05, 4.69) is 67.5 Å². The van der Waals surface area contributed by atoms with Crippen LogP contribution in [0.15, 0.2) is 41.1 Å². The van der Waals surface area contributed by atoms with Crippen molar-refractivity contribution in [3.05, 3.63) is 41.1 Å². The molecule has 0 atom stereocenters. The van der Waals surface area contributed by atoms with Crippen LogP contribution in [0.3, 0.4) is 0 Å². The molecule has 0 aliphatic heterocycles. The molecular weight excluding hydrogens is 490 g/mol. The second-order valence-corrected chi connectivity index (χ2v) is 13.9. The van der Waals surface area contributed by atoms with Crippen molar-refractivity contribution >= 4 is 0 Å². The van der Waals surface area contributed by atoms with E-state index in [4.69, 9.17) is 0 Å². The van der Waals surface area contributed by atoms with Crippen LogP contribution in [-0.4, -0.2) is 0 Å². The number of hydrogen-bond donors (Lipinski definition) is 0. The maximum absolute atomic E-state index is 2.48. The van der Waals surface area contributed by atoms with Gasteiger partial charge < -0.3 is 24.8 Å². The summed E-state index contributed by atoms with van der Waals surface area (Å²) in [7, 11) is 0. The average Bonchev–Trinajstić information content (AvgIpc) is 2.84. The fourth-order valence-corrected chi connectivity index (χ4v) is 8.14. The predicted molar refractivity (Wildman–Crippen MR) is 89.7 cm³/mol. The van der Waals surface area contributed by atoms with E-state index in [1.807, 2.05) is 6.66 Å². The first kappa shape index (κ1) is 23.4. The fraction of sp³-hybridized carbons (Fsp3) is 0.600. The molecule has 128 valence electrons. The molecule has 0 unspecified atom stereocenters. The molecule has 0 spiro atoms. The Morgan fingerprint density at radius 1 is 0.696 bits per heavy atom. The first-order chi connectivity index (χ1) is 9.48. The van der Waals surface area contributed by atoms with Gasteiger partial charge >= 0.3 is 143 Å². The molecule has 0 fully saturated rings. The summed E-state index contributed by atoms with van der Waals surface area (Å²) >= 11 is -0.825. The van der Waals surface area contributed by atoms with Crippen LogP contribution in [0, 0.1) is 10.8 Å². The van der Waals surface area contributed by atoms with E-state index in [-0.39, 0.29) is 24.8 Å². The molecule has 0 radical (unpaired) electrons. The van der Waals surface area contributed by atoms with E-state index in [1.54, 1.807) is 22.3 Å². The molecular formula is C20H30Cl2Hf. The van der Waals surface area contributed by atoms with Gasteiger partial charge in [-0.2, -0.15) is 0 Å². The topological polar surface area (TPSA) is 0 Å². The third-order valence-electron chi connectivity index (χ3n) is 4.70. The Bertz CT molecular complexity index is 524. The molecule has 2 aliphatic rings. The van der Waals surface area contributed by atoms with E-state index in [0.29, 0.717) is 10.8 Å². The minimum Gasteiger partial charge on any atom is -1.00 e. The van der Waals surface area contributed by atoms with Gasteiger partial charge in [-0.25, -0.2) is 0 Å². The Labute approximate surface area is 167 Å². The van der Waals surface area contributed by atoms with E-state index < -0.39 is 22.9 Å². The minimum atomic E-state index is -0.825. The second-order valence-electron chi connectivity index (χ2n) is 8.64. The standard InChI is InChI=1S/2C10H15.2ClH.Hf/c2*1-8-5-6-9(7-8)10(2,3)4;;;/h2*7H,6H2,1-4H3;2*1H;/q;;;;+2/p-2. The van der Waals surface area contributed by atoms with Crippen LogP contribution in [-0.2, 0) is 22.9 Å². The van der Waals surface area contributed by atoms with Crippen LogP contribution in [0.2, 0.25) is 0 Å². The summed E-state index contributed by atoms with van der Waals surface area (Å²) in [6.07, 6.45) is 7.48. The Morgan fingerprint density at radius 2 is 1.00 bits per heavy atom. The first-order valence-electron chi connectivity index (χ1n) is 8.07. The number of allylic oxidation sites excluding steroid dienone is 8. The van der Waals surface area contributed by atoms with E-state index in [0.717, 1.165) is 0 Å². The van der Waals surface area contributed by atoms with Gasteiger partial charge in [0.25, 0.3) is 0 Å². The van der Waals surface area contributed by atoms with Gasteiger partial charge in [0.05, 0.1) is 0 Å². The number of hydrogen-bond acceptors (Lipinski definition) is 0.